The molecule has 0 unspecified atom stereocenters. The molecule has 0 heterocycles. The van der Waals surface area contributed by atoms with Crippen molar-refractivity contribution in [3.63, 3.8) is 0 Å². The van der Waals surface area contributed by atoms with E-state index in [1.807, 2.05) is 31.2 Å². The summed E-state index contributed by atoms with van der Waals surface area (Å²) in [7, 11) is 0. The second-order valence-corrected chi connectivity index (χ2v) is 6.84. The lowest BCUT2D eigenvalue weighted by atomic mass is 9.96. The zero-order valence-electron chi connectivity index (χ0n) is 14.3. The molecular weight excluding hydrogens is 326 g/mol. The van der Waals surface area contributed by atoms with Gasteiger partial charge < -0.3 is 5.32 Å². The van der Waals surface area contributed by atoms with Crippen molar-refractivity contribution in [1.29, 1.82) is 0 Å². The van der Waals surface area contributed by atoms with Crippen LogP contribution in [0.4, 0.5) is 4.79 Å². The maximum atomic E-state index is 12.2. The summed E-state index contributed by atoms with van der Waals surface area (Å²) in [5, 5.41) is 9.12. The van der Waals surface area contributed by atoms with Gasteiger partial charge in [0, 0.05) is 17.1 Å². The van der Waals surface area contributed by atoms with Crippen molar-refractivity contribution in [3.8, 4) is 0 Å². The molecule has 0 spiro atoms. The van der Waals surface area contributed by atoms with Gasteiger partial charge in [-0.1, -0.05) is 49.1 Å². The van der Waals surface area contributed by atoms with Crippen LogP contribution in [0.15, 0.2) is 24.3 Å². The van der Waals surface area contributed by atoms with Gasteiger partial charge in [-0.2, -0.15) is 0 Å². The molecular formula is C18H26ClN3O2. The first-order valence-electron chi connectivity index (χ1n) is 8.59. The number of urea groups is 1. The molecule has 0 saturated heterocycles. The number of carbonyl (C=O) groups excluding carboxylic acids is 2. The standard InChI is InChI=1S/C18H26ClN3O2/c1-12(15-10-6-7-11-16(15)19)20-13(2)17(23)22-18(24)21-14-8-4-3-5-9-14/h6-7,10-14,20H,3-5,8-9H2,1-2H3,(H2,21,22,23,24)/t12-,13-/m1/s1. The van der Waals surface area contributed by atoms with E-state index in [0.29, 0.717) is 5.02 Å². The maximum Gasteiger partial charge on any atom is 0.321 e. The quantitative estimate of drug-likeness (QED) is 0.760. The van der Waals surface area contributed by atoms with Crippen LogP contribution < -0.4 is 16.0 Å². The third-order valence-corrected chi connectivity index (χ3v) is 4.79. The Bertz CT molecular complexity index is 573. The van der Waals surface area contributed by atoms with Crippen molar-refractivity contribution in [2.24, 2.45) is 0 Å². The molecule has 0 aromatic heterocycles. The molecule has 3 amide bonds. The van der Waals surface area contributed by atoms with Gasteiger partial charge in [0.05, 0.1) is 6.04 Å². The second kappa shape index (κ2) is 9.04. The number of imide groups is 1. The summed E-state index contributed by atoms with van der Waals surface area (Å²) in [5.74, 6) is -0.345. The average molecular weight is 352 g/mol. The lowest BCUT2D eigenvalue weighted by molar-refractivity contribution is -0.121. The number of nitrogens with one attached hydrogen (secondary N) is 3. The van der Waals surface area contributed by atoms with Gasteiger partial charge in [0.1, 0.15) is 0 Å². The first-order valence-corrected chi connectivity index (χ1v) is 8.97. The Morgan fingerprint density at radius 3 is 2.46 bits per heavy atom. The van der Waals surface area contributed by atoms with Crippen molar-refractivity contribution in [1.82, 2.24) is 16.0 Å². The highest BCUT2D eigenvalue weighted by Crippen LogP contribution is 2.22. The molecule has 1 aliphatic rings. The van der Waals surface area contributed by atoms with Crippen LogP contribution in [0, 0.1) is 0 Å². The van der Waals surface area contributed by atoms with Crippen LogP contribution in [0.3, 0.4) is 0 Å². The van der Waals surface area contributed by atoms with Gasteiger partial charge in [0.2, 0.25) is 5.91 Å². The Balaban J connectivity index is 1.81. The van der Waals surface area contributed by atoms with Crippen molar-refractivity contribution in [2.75, 3.05) is 0 Å². The average Bonchev–Trinajstić information content (AvgIpc) is 2.55. The van der Waals surface area contributed by atoms with Gasteiger partial charge in [-0.05, 0) is 38.3 Å². The molecule has 1 aliphatic carbocycles. The first-order chi connectivity index (χ1) is 11.5. The van der Waals surface area contributed by atoms with E-state index >= 15 is 0 Å². The highest BCUT2D eigenvalue weighted by atomic mass is 35.5. The molecule has 0 bridgehead atoms. The monoisotopic (exact) mass is 351 g/mol. The Labute approximate surface area is 148 Å². The summed E-state index contributed by atoms with van der Waals surface area (Å²) in [4.78, 5) is 24.1. The molecule has 0 radical (unpaired) electrons. The van der Waals surface area contributed by atoms with E-state index in [1.165, 1.54) is 6.42 Å². The Morgan fingerprint density at radius 1 is 1.12 bits per heavy atom. The van der Waals surface area contributed by atoms with Crippen molar-refractivity contribution in [3.05, 3.63) is 34.9 Å². The highest BCUT2D eigenvalue weighted by molar-refractivity contribution is 6.31. The molecule has 1 fully saturated rings. The third-order valence-electron chi connectivity index (χ3n) is 4.44. The molecule has 1 aromatic carbocycles. The zero-order valence-corrected chi connectivity index (χ0v) is 15.0. The number of rotatable bonds is 5. The number of hydrogen-bond acceptors (Lipinski definition) is 3. The molecule has 1 aromatic rings. The van der Waals surface area contributed by atoms with Gasteiger partial charge in [0.25, 0.3) is 0 Å². The number of amides is 3. The predicted molar refractivity (Wildman–Crippen MR) is 96.0 cm³/mol. The Kier molecular flexibility index (Phi) is 7.06. The van der Waals surface area contributed by atoms with E-state index in [0.717, 1.165) is 31.2 Å². The SMILES string of the molecule is C[C@@H](N[C@H](C)c1ccccc1Cl)C(=O)NC(=O)NC1CCCCC1. The van der Waals surface area contributed by atoms with Crippen LogP contribution in [-0.2, 0) is 4.79 Å². The van der Waals surface area contributed by atoms with Crippen LogP contribution in [-0.4, -0.2) is 24.0 Å². The van der Waals surface area contributed by atoms with Gasteiger partial charge in [-0.15, -0.1) is 0 Å². The molecule has 24 heavy (non-hydrogen) atoms. The molecule has 2 atom stereocenters. The van der Waals surface area contributed by atoms with Crippen molar-refractivity contribution < 1.29 is 9.59 Å². The normalized spacial score (nSPS) is 17.8. The van der Waals surface area contributed by atoms with Crippen LogP contribution in [0.1, 0.15) is 57.6 Å². The van der Waals surface area contributed by atoms with E-state index < -0.39 is 12.1 Å². The van der Waals surface area contributed by atoms with Gasteiger partial charge in [-0.25, -0.2) is 4.79 Å². The van der Waals surface area contributed by atoms with Crippen LogP contribution in [0.2, 0.25) is 5.02 Å². The van der Waals surface area contributed by atoms with Crippen molar-refractivity contribution in [2.45, 2.75) is 64.1 Å². The van der Waals surface area contributed by atoms with E-state index in [2.05, 4.69) is 16.0 Å². The summed E-state index contributed by atoms with van der Waals surface area (Å²) in [6, 6.07) is 6.67. The van der Waals surface area contributed by atoms with Crippen molar-refractivity contribution >= 4 is 23.5 Å². The highest BCUT2D eigenvalue weighted by Gasteiger charge is 2.21. The topological polar surface area (TPSA) is 70.2 Å². The molecule has 1 saturated carbocycles. The minimum absolute atomic E-state index is 0.0964. The Morgan fingerprint density at radius 2 is 1.79 bits per heavy atom. The van der Waals surface area contributed by atoms with Gasteiger partial charge in [0.15, 0.2) is 0 Å². The summed E-state index contributed by atoms with van der Waals surface area (Å²) >= 11 is 6.17. The van der Waals surface area contributed by atoms with E-state index in [4.69, 9.17) is 11.6 Å². The largest absolute Gasteiger partial charge is 0.335 e. The molecule has 6 heteroatoms. The fraction of sp³-hybridized carbons (Fsp3) is 0.556. The fourth-order valence-corrected chi connectivity index (χ4v) is 3.35. The lowest BCUT2D eigenvalue weighted by Crippen LogP contribution is -2.50. The molecule has 0 aliphatic heterocycles. The summed E-state index contributed by atoms with van der Waals surface area (Å²) < 4.78 is 0. The third kappa shape index (κ3) is 5.49. The number of halogens is 1. The minimum Gasteiger partial charge on any atom is -0.335 e. The fourth-order valence-electron chi connectivity index (χ4n) is 3.06. The van der Waals surface area contributed by atoms with E-state index in [-0.39, 0.29) is 18.0 Å². The van der Waals surface area contributed by atoms with Gasteiger partial charge >= 0.3 is 6.03 Å². The number of carbonyl (C=O) groups is 2. The van der Waals surface area contributed by atoms with Crippen LogP contribution >= 0.6 is 11.6 Å². The van der Waals surface area contributed by atoms with Crippen LogP contribution in [0.25, 0.3) is 0 Å². The summed E-state index contributed by atoms with van der Waals surface area (Å²) in [5.41, 5.74) is 0.922. The number of hydrogen-bond donors (Lipinski definition) is 3. The van der Waals surface area contributed by atoms with Gasteiger partial charge in [-0.3, -0.25) is 15.4 Å². The zero-order chi connectivity index (χ0) is 17.5. The Hall–Kier alpha value is -1.59. The molecule has 3 N–H and O–H groups in total. The smallest absolute Gasteiger partial charge is 0.321 e. The molecule has 2 rings (SSSR count). The predicted octanol–water partition coefficient (Wildman–Crippen LogP) is 3.54. The molecule has 132 valence electrons. The second-order valence-electron chi connectivity index (χ2n) is 6.43. The molecule has 5 nitrogen and oxygen atoms in total. The number of benzene rings is 1. The maximum absolute atomic E-state index is 12.2. The summed E-state index contributed by atoms with van der Waals surface area (Å²) in [6.07, 6.45) is 5.45. The summed E-state index contributed by atoms with van der Waals surface area (Å²) in [6.45, 7) is 3.67. The van der Waals surface area contributed by atoms with Crippen LogP contribution in [0.5, 0.6) is 0 Å². The van der Waals surface area contributed by atoms with E-state index in [1.54, 1.807) is 6.92 Å². The van der Waals surface area contributed by atoms with E-state index in [9.17, 15) is 9.59 Å². The first kappa shape index (κ1) is 18.7. The lowest BCUT2D eigenvalue weighted by Gasteiger charge is -2.24. The minimum atomic E-state index is -0.506.